The molecule has 256 valence electrons. The number of thiophene rings is 1. The van der Waals surface area contributed by atoms with Crippen LogP contribution in [0, 0.1) is 0 Å². The van der Waals surface area contributed by atoms with Gasteiger partial charge in [-0.1, -0.05) is 158 Å². The maximum Gasteiger partial charge on any atom is 0.164 e. The lowest BCUT2D eigenvalue weighted by atomic mass is 9.89. The van der Waals surface area contributed by atoms with Crippen LogP contribution in [-0.4, -0.2) is 24.9 Å². The summed E-state index contributed by atoms with van der Waals surface area (Å²) in [6.45, 7) is 0. The number of hydrogen-bond acceptors (Lipinski definition) is 6. The molecule has 55 heavy (non-hydrogen) atoms. The Balaban J connectivity index is 1.28. The van der Waals surface area contributed by atoms with Crippen molar-refractivity contribution < 1.29 is 0 Å². The van der Waals surface area contributed by atoms with Gasteiger partial charge in [0.2, 0.25) is 0 Å². The van der Waals surface area contributed by atoms with E-state index in [4.69, 9.17) is 24.9 Å². The van der Waals surface area contributed by atoms with Crippen LogP contribution in [0.1, 0.15) is 0 Å². The summed E-state index contributed by atoms with van der Waals surface area (Å²) >= 11 is 1.74. The Kier molecular flexibility index (Phi) is 7.28. The summed E-state index contributed by atoms with van der Waals surface area (Å²) in [6, 6.07) is 60.9. The lowest BCUT2D eigenvalue weighted by molar-refractivity contribution is 1.08. The zero-order valence-corrected chi connectivity index (χ0v) is 30.2. The number of rotatable bonds is 5. The second kappa shape index (κ2) is 12.8. The number of fused-ring (bicyclic) bond motifs is 9. The minimum Gasteiger partial charge on any atom is -0.226 e. The monoisotopic (exact) mass is 719 g/mol. The molecule has 0 spiro atoms. The lowest BCUT2D eigenvalue weighted by Gasteiger charge is -2.17. The van der Waals surface area contributed by atoms with E-state index >= 15 is 0 Å². The fraction of sp³-hybridized carbons (Fsp3) is 0. The van der Waals surface area contributed by atoms with Crippen LogP contribution in [0.5, 0.6) is 0 Å². The molecule has 0 aliphatic carbocycles. The van der Waals surface area contributed by atoms with Gasteiger partial charge >= 0.3 is 0 Å². The first-order valence-electron chi connectivity index (χ1n) is 18.3. The van der Waals surface area contributed by atoms with Crippen LogP contribution in [0.4, 0.5) is 0 Å². The minimum absolute atomic E-state index is 0.588. The molecule has 0 aliphatic rings. The summed E-state index contributed by atoms with van der Waals surface area (Å²) in [5.41, 5.74) is 6.55. The van der Waals surface area contributed by atoms with Crippen molar-refractivity contribution in [2.24, 2.45) is 0 Å². The number of hydrogen-bond donors (Lipinski definition) is 0. The van der Waals surface area contributed by atoms with Gasteiger partial charge in [-0.3, -0.25) is 0 Å². The molecule has 0 unspecified atom stereocenters. The van der Waals surface area contributed by atoms with Gasteiger partial charge in [0.05, 0.1) is 15.9 Å². The molecular formula is C49H29N5S. The third kappa shape index (κ3) is 5.26. The molecule has 5 nitrogen and oxygen atoms in total. The van der Waals surface area contributed by atoms with Crippen molar-refractivity contribution in [2.75, 3.05) is 0 Å². The molecule has 11 rings (SSSR count). The third-order valence-electron chi connectivity index (χ3n) is 10.3. The highest BCUT2D eigenvalue weighted by Crippen LogP contribution is 2.44. The van der Waals surface area contributed by atoms with Crippen LogP contribution >= 0.6 is 11.3 Å². The number of nitrogens with zero attached hydrogens (tertiary/aromatic N) is 5. The molecule has 0 aliphatic heterocycles. The van der Waals surface area contributed by atoms with Crippen molar-refractivity contribution in [2.45, 2.75) is 0 Å². The SMILES string of the molecule is c1ccc(-c2nc(-c3ccccc3)nc(-c3cc(-c4nc(-c5ccccc5)c5sc6ccccc6c5n4)cc4c5ccccc5c5ccccc5c34)n2)cc1. The summed E-state index contributed by atoms with van der Waals surface area (Å²) in [7, 11) is 0. The van der Waals surface area contributed by atoms with Crippen molar-refractivity contribution in [3.63, 3.8) is 0 Å². The quantitative estimate of drug-likeness (QED) is 0.166. The molecule has 0 saturated carbocycles. The Bertz CT molecular complexity index is 3190. The van der Waals surface area contributed by atoms with Crippen LogP contribution < -0.4 is 0 Å². The average molecular weight is 720 g/mol. The largest absolute Gasteiger partial charge is 0.226 e. The zero-order chi connectivity index (χ0) is 36.3. The van der Waals surface area contributed by atoms with Gasteiger partial charge in [0.1, 0.15) is 0 Å². The number of benzene rings is 8. The van der Waals surface area contributed by atoms with E-state index in [0.29, 0.717) is 23.3 Å². The molecule has 0 saturated heterocycles. The Morgan fingerprint density at radius 3 is 1.44 bits per heavy atom. The number of aromatic nitrogens is 5. The van der Waals surface area contributed by atoms with Gasteiger partial charge in [-0.05, 0) is 45.1 Å². The minimum atomic E-state index is 0.588. The molecule has 0 N–H and O–H groups in total. The van der Waals surface area contributed by atoms with Crippen molar-refractivity contribution >= 4 is 64.0 Å². The Morgan fingerprint density at radius 2 is 0.800 bits per heavy atom. The lowest BCUT2D eigenvalue weighted by Crippen LogP contribution is -2.01. The average Bonchev–Trinajstić information content (AvgIpc) is 3.65. The molecule has 0 atom stereocenters. The molecule has 0 amide bonds. The fourth-order valence-electron chi connectivity index (χ4n) is 7.78. The normalized spacial score (nSPS) is 11.6. The van der Waals surface area contributed by atoms with E-state index < -0.39 is 0 Å². The summed E-state index contributed by atoms with van der Waals surface area (Å²) in [4.78, 5) is 26.3. The van der Waals surface area contributed by atoms with Gasteiger partial charge in [-0.15, -0.1) is 11.3 Å². The van der Waals surface area contributed by atoms with E-state index in [1.807, 2.05) is 66.7 Å². The molecule has 3 heterocycles. The van der Waals surface area contributed by atoms with E-state index in [2.05, 4.69) is 109 Å². The van der Waals surface area contributed by atoms with Gasteiger partial charge in [-0.25, -0.2) is 24.9 Å². The molecule has 11 aromatic rings. The van der Waals surface area contributed by atoms with Gasteiger partial charge in [-0.2, -0.15) is 0 Å². The highest BCUT2D eigenvalue weighted by atomic mass is 32.1. The second-order valence-corrected chi connectivity index (χ2v) is 14.7. The first-order valence-corrected chi connectivity index (χ1v) is 19.1. The van der Waals surface area contributed by atoms with Crippen LogP contribution in [0.3, 0.4) is 0 Å². The fourth-order valence-corrected chi connectivity index (χ4v) is 8.93. The van der Waals surface area contributed by atoms with Gasteiger partial charge in [0.25, 0.3) is 0 Å². The molecular weight excluding hydrogens is 691 g/mol. The summed E-state index contributed by atoms with van der Waals surface area (Å²) in [5, 5.41) is 7.92. The first-order chi connectivity index (χ1) is 27.3. The summed E-state index contributed by atoms with van der Waals surface area (Å²) < 4.78 is 2.26. The van der Waals surface area contributed by atoms with Crippen molar-refractivity contribution in [3.05, 3.63) is 176 Å². The van der Waals surface area contributed by atoms with Gasteiger partial charge in [0, 0.05) is 43.3 Å². The van der Waals surface area contributed by atoms with E-state index in [1.54, 1.807) is 11.3 Å². The molecule has 0 fully saturated rings. The zero-order valence-electron chi connectivity index (χ0n) is 29.4. The molecule has 3 aromatic heterocycles. The summed E-state index contributed by atoms with van der Waals surface area (Å²) in [5.74, 6) is 2.46. The topological polar surface area (TPSA) is 64.5 Å². The third-order valence-corrected chi connectivity index (χ3v) is 11.5. The van der Waals surface area contributed by atoms with Crippen LogP contribution in [0.25, 0.3) is 109 Å². The van der Waals surface area contributed by atoms with E-state index in [0.717, 1.165) is 70.7 Å². The molecule has 8 aromatic carbocycles. The highest BCUT2D eigenvalue weighted by Gasteiger charge is 2.22. The standard InChI is InChI=1S/C49H29N5S/c1-4-16-30(17-5-1)43-45-44(38-26-14-15-27-41(38)55-45)51-48(50-43)33-28-39-36-24-11-10-22-34(36)35-23-12-13-25-37(35)42(39)40(29-33)49-53-46(31-18-6-2-7-19-31)52-47(54-49)32-20-8-3-9-21-32/h1-29H. The van der Waals surface area contributed by atoms with E-state index in [9.17, 15) is 0 Å². The molecule has 0 bridgehead atoms. The maximum absolute atomic E-state index is 5.40. The van der Waals surface area contributed by atoms with Crippen molar-refractivity contribution in [3.8, 4) is 56.8 Å². The van der Waals surface area contributed by atoms with Crippen LogP contribution in [0.2, 0.25) is 0 Å². The predicted molar refractivity (Wildman–Crippen MR) is 228 cm³/mol. The predicted octanol–water partition coefficient (Wildman–Crippen LogP) is 12.8. The van der Waals surface area contributed by atoms with E-state index in [-0.39, 0.29) is 0 Å². The highest BCUT2D eigenvalue weighted by molar-refractivity contribution is 7.26. The second-order valence-electron chi connectivity index (χ2n) is 13.6. The first kappa shape index (κ1) is 31.4. The van der Waals surface area contributed by atoms with Crippen molar-refractivity contribution in [1.29, 1.82) is 0 Å². The van der Waals surface area contributed by atoms with E-state index in [1.165, 1.54) is 15.5 Å². The Morgan fingerprint density at radius 1 is 0.327 bits per heavy atom. The molecule has 0 radical (unpaired) electrons. The Hall–Kier alpha value is -7.15. The maximum atomic E-state index is 5.40. The van der Waals surface area contributed by atoms with Crippen LogP contribution in [-0.2, 0) is 0 Å². The van der Waals surface area contributed by atoms with Gasteiger partial charge in [0.15, 0.2) is 23.3 Å². The Labute approximate surface area is 320 Å². The van der Waals surface area contributed by atoms with Gasteiger partial charge < -0.3 is 0 Å². The van der Waals surface area contributed by atoms with Crippen molar-refractivity contribution in [1.82, 2.24) is 24.9 Å². The summed E-state index contributed by atoms with van der Waals surface area (Å²) in [6.07, 6.45) is 0. The van der Waals surface area contributed by atoms with Crippen LogP contribution in [0.15, 0.2) is 176 Å². The molecule has 6 heteroatoms. The smallest absolute Gasteiger partial charge is 0.164 e.